The minimum atomic E-state index is -3.90. The zero-order valence-corrected chi connectivity index (χ0v) is 14.3. The summed E-state index contributed by atoms with van der Waals surface area (Å²) in [6.45, 7) is 0. The van der Waals surface area contributed by atoms with Crippen LogP contribution in [0.1, 0.15) is 11.1 Å². The van der Waals surface area contributed by atoms with Gasteiger partial charge in [0, 0.05) is 28.5 Å². The van der Waals surface area contributed by atoms with E-state index in [1.165, 1.54) is 6.07 Å². The molecule has 0 saturated carbocycles. The number of nitrogens with zero attached hydrogens (tertiary/aromatic N) is 1. The van der Waals surface area contributed by atoms with Gasteiger partial charge in [0.2, 0.25) is 10.0 Å². The maximum atomic E-state index is 12.1. The first-order valence-electron chi connectivity index (χ1n) is 7.25. The Hall–Kier alpha value is -2.21. The van der Waals surface area contributed by atoms with E-state index < -0.39 is 10.0 Å². The van der Waals surface area contributed by atoms with Crippen molar-refractivity contribution in [3.05, 3.63) is 83.1 Å². The highest BCUT2D eigenvalue weighted by Crippen LogP contribution is 2.35. The number of hydrogen-bond acceptors (Lipinski definition) is 3. The molecule has 0 aliphatic rings. The molecule has 3 aromatic rings. The SMILES string of the molecule is NS(=O)(=O)c1ccc(Cl)c(Cc2ccccc2)c1-c1cccnc1. The van der Waals surface area contributed by atoms with Crippen LogP contribution in [0.5, 0.6) is 0 Å². The maximum Gasteiger partial charge on any atom is 0.238 e. The van der Waals surface area contributed by atoms with Crippen molar-refractivity contribution in [1.29, 1.82) is 0 Å². The van der Waals surface area contributed by atoms with E-state index >= 15 is 0 Å². The molecule has 0 radical (unpaired) electrons. The third-order valence-electron chi connectivity index (χ3n) is 3.70. The Morgan fingerprint density at radius 2 is 1.75 bits per heavy atom. The fourth-order valence-electron chi connectivity index (χ4n) is 2.64. The molecule has 0 unspecified atom stereocenters. The van der Waals surface area contributed by atoms with E-state index in [1.807, 2.05) is 30.3 Å². The molecule has 0 fully saturated rings. The fraction of sp³-hybridized carbons (Fsp3) is 0.0556. The number of hydrogen-bond donors (Lipinski definition) is 1. The molecule has 0 saturated heterocycles. The first-order valence-corrected chi connectivity index (χ1v) is 9.18. The Bertz CT molecular complexity index is 959. The number of halogens is 1. The first-order chi connectivity index (χ1) is 11.5. The molecule has 4 nitrogen and oxygen atoms in total. The van der Waals surface area contributed by atoms with Gasteiger partial charge in [0.1, 0.15) is 0 Å². The van der Waals surface area contributed by atoms with Crippen LogP contribution in [0.3, 0.4) is 0 Å². The van der Waals surface area contributed by atoms with E-state index in [-0.39, 0.29) is 4.90 Å². The lowest BCUT2D eigenvalue weighted by molar-refractivity contribution is 0.598. The van der Waals surface area contributed by atoms with Crippen molar-refractivity contribution in [3.63, 3.8) is 0 Å². The largest absolute Gasteiger partial charge is 0.264 e. The molecule has 0 spiro atoms. The predicted octanol–water partition coefficient (Wildman–Crippen LogP) is 3.64. The maximum absolute atomic E-state index is 12.1. The highest BCUT2D eigenvalue weighted by Gasteiger charge is 2.21. The minimum absolute atomic E-state index is 0.0471. The number of benzene rings is 2. The van der Waals surface area contributed by atoms with Crippen LogP contribution >= 0.6 is 11.6 Å². The second-order valence-electron chi connectivity index (χ2n) is 5.35. The smallest absolute Gasteiger partial charge is 0.238 e. The highest BCUT2D eigenvalue weighted by molar-refractivity contribution is 7.89. The number of rotatable bonds is 4. The molecule has 122 valence electrons. The second kappa shape index (κ2) is 6.73. The Morgan fingerprint density at radius 3 is 2.38 bits per heavy atom. The lowest BCUT2D eigenvalue weighted by Crippen LogP contribution is -2.14. The van der Waals surface area contributed by atoms with Crippen LogP contribution < -0.4 is 5.14 Å². The summed E-state index contributed by atoms with van der Waals surface area (Å²) >= 11 is 6.40. The quantitative estimate of drug-likeness (QED) is 0.773. The summed E-state index contributed by atoms with van der Waals surface area (Å²) in [5.74, 6) is 0. The van der Waals surface area contributed by atoms with Crippen LogP contribution in [0.15, 0.2) is 71.9 Å². The molecular formula is C18H15ClN2O2S. The molecular weight excluding hydrogens is 344 g/mol. The molecule has 2 aromatic carbocycles. The van der Waals surface area contributed by atoms with E-state index in [0.29, 0.717) is 28.1 Å². The lowest BCUT2D eigenvalue weighted by Gasteiger charge is -2.16. The topological polar surface area (TPSA) is 73.1 Å². The van der Waals surface area contributed by atoms with Crippen LogP contribution in [-0.2, 0) is 16.4 Å². The van der Waals surface area contributed by atoms with Gasteiger partial charge in [-0.3, -0.25) is 4.98 Å². The zero-order valence-electron chi connectivity index (χ0n) is 12.7. The fourth-order valence-corrected chi connectivity index (χ4v) is 3.65. The van der Waals surface area contributed by atoms with Crippen LogP contribution in [0.25, 0.3) is 11.1 Å². The highest BCUT2D eigenvalue weighted by atomic mass is 35.5. The zero-order chi connectivity index (χ0) is 17.2. The second-order valence-corrected chi connectivity index (χ2v) is 7.29. The van der Waals surface area contributed by atoms with Crippen molar-refractivity contribution in [2.24, 2.45) is 5.14 Å². The van der Waals surface area contributed by atoms with E-state index in [2.05, 4.69) is 4.98 Å². The minimum Gasteiger partial charge on any atom is -0.264 e. The van der Waals surface area contributed by atoms with Gasteiger partial charge in [0.15, 0.2) is 0 Å². The standard InChI is InChI=1S/C18H15ClN2O2S/c19-16-8-9-17(24(20,22)23)18(14-7-4-10-21-12-14)15(16)11-13-5-2-1-3-6-13/h1-10,12H,11H2,(H2,20,22,23). The van der Waals surface area contributed by atoms with Crippen molar-refractivity contribution in [3.8, 4) is 11.1 Å². The van der Waals surface area contributed by atoms with Crippen LogP contribution in [0.2, 0.25) is 5.02 Å². The monoisotopic (exact) mass is 358 g/mol. The summed E-state index contributed by atoms with van der Waals surface area (Å²) in [4.78, 5) is 4.13. The summed E-state index contributed by atoms with van der Waals surface area (Å²) in [6, 6.07) is 16.3. The Morgan fingerprint density at radius 1 is 1.00 bits per heavy atom. The number of sulfonamides is 1. The molecule has 2 N–H and O–H groups in total. The summed E-state index contributed by atoms with van der Waals surface area (Å²) < 4.78 is 24.1. The summed E-state index contributed by atoms with van der Waals surface area (Å²) in [5.41, 5.74) is 2.90. The third-order valence-corrected chi connectivity index (χ3v) is 5.01. The van der Waals surface area contributed by atoms with Crippen molar-refractivity contribution in [2.45, 2.75) is 11.3 Å². The number of nitrogens with two attached hydrogens (primary N) is 1. The van der Waals surface area contributed by atoms with Crippen molar-refractivity contribution >= 4 is 21.6 Å². The van der Waals surface area contributed by atoms with Crippen molar-refractivity contribution in [1.82, 2.24) is 4.98 Å². The van der Waals surface area contributed by atoms with Gasteiger partial charge in [-0.25, -0.2) is 13.6 Å². The average Bonchev–Trinajstić information content (AvgIpc) is 2.57. The molecule has 0 aliphatic heterocycles. The van der Waals surface area contributed by atoms with Crippen LogP contribution in [0, 0.1) is 0 Å². The third kappa shape index (κ3) is 3.48. The molecule has 1 heterocycles. The lowest BCUT2D eigenvalue weighted by atomic mass is 9.95. The first kappa shape index (κ1) is 16.6. The summed E-state index contributed by atoms with van der Waals surface area (Å²) in [7, 11) is -3.90. The van der Waals surface area contributed by atoms with E-state index in [4.69, 9.17) is 16.7 Å². The van der Waals surface area contributed by atoms with Crippen molar-refractivity contribution < 1.29 is 8.42 Å². The molecule has 0 amide bonds. The molecule has 0 bridgehead atoms. The number of primary sulfonamides is 1. The molecule has 24 heavy (non-hydrogen) atoms. The van der Waals surface area contributed by atoms with E-state index in [0.717, 1.165) is 5.56 Å². The Kier molecular flexibility index (Phi) is 4.66. The predicted molar refractivity (Wildman–Crippen MR) is 95.3 cm³/mol. The van der Waals surface area contributed by atoms with Crippen LogP contribution in [0.4, 0.5) is 0 Å². The van der Waals surface area contributed by atoms with E-state index in [9.17, 15) is 8.42 Å². The van der Waals surface area contributed by atoms with Gasteiger partial charge in [-0.15, -0.1) is 0 Å². The van der Waals surface area contributed by atoms with Gasteiger partial charge in [0.05, 0.1) is 4.90 Å². The van der Waals surface area contributed by atoms with Gasteiger partial charge in [0.25, 0.3) is 0 Å². The number of aromatic nitrogens is 1. The van der Waals surface area contributed by atoms with Crippen molar-refractivity contribution in [2.75, 3.05) is 0 Å². The molecule has 6 heteroatoms. The van der Waals surface area contributed by atoms with E-state index in [1.54, 1.807) is 30.6 Å². The van der Waals surface area contributed by atoms with Gasteiger partial charge >= 0.3 is 0 Å². The van der Waals surface area contributed by atoms with Gasteiger partial charge in [-0.2, -0.15) is 0 Å². The van der Waals surface area contributed by atoms with Gasteiger partial charge in [-0.05, 0) is 35.7 Å². The molecule has 0 aliphatic carbocycles. The Labute approximate surface area is 146 Å². The van der Waals surface area contributed by atoms with Gasteiger partial charge in [-0.1, -0.05) is 48.0 Å². The summed E-state index contributed by atoms with van der Waals surface area (Å²) in [6.07, 6.45) is 3.73. The summed E-state index contributed by atoms with van der Waals surface area (Å²) in [5, 5.41) is 5.91. The Balaban J connectivity index is 2.27. The molecule has 1 aromatic heterocycles. The average molecular weight is 359 g/mol. The normalized spacial score (nSPS) is 11.4. The van der Waals surface area contributed by atoms with Gasteiger partial charge < -0.3 is 0 Å². The molecule has 3 rings (SSSR count). The number of pyridine rings is 1. The van der Waals surface area contributed by atoms with Crippen LogP contribution in [-0.4, -0.2) is 13.4 Å². The molecule has 0 atom stereocenters.